The second-order valence-electron chi connectivity index (χ2n) is 5.76. The number of benzene rings is 3. The monoisotopic (exact) mass is 337 g/mol. The van der Waals surface area contributed by atoms with Crippen molar-refractivity contribution in [3.05, 3.63) is 95.6 Å². The van der Waals surface area contributed by atoms with Gasteiger partial charge in [0.2, 0.25) is 5.91 Å². The summed E-state index contributed by atoms with van der Waals surface area (Å²) in [6.45, 7) is 0.209. The third-order valence-electron chi connectivity index (χ3n) is 3.89. The highest BCUT2D eigenvalue weighted by Crippen LogP contribution is 2.22. The maximum absolute atomic E-state index is 14.3. The summed E-state index contributed by atoms with van der Waals surface area (Å²) in [7, 11) is 0. The van der Waals surface area contributed by atoms with E-state index in [0.29, 0.717) is 11.1 Å². The van der Waals surface area contributed by atoms with Crippen molar-refractivity contribution in [1.29, 1.82) is 0 Å². The Balaban J connectivity index is 1.63. The van der Waals surface area contributed by atoms with E-state index < -0.39 is 5.82 Å². The number of halogens is 2. The first kappa shape index (κ1) is 16.8. The first-order valence-corrected chi connectivity index (χ1v) is 7.97. The van der Waals surface area contributed by atoms with Gasteiger partial charge < -0.3 is 5.32 Å². The molecular weight excluding hydrogens is 320 g/mol. The number of hydrogen-bond donors (Lipinski definition) is 1. The Labute approximate surface area is 145 Å². The molecule has 1 N–H and O–H groups in total. The smallest absolute Gasteiger partial charge is 0.224 e. The molecule has 3 aromatic carbocycles. The lowest BCUT2D eigenvalue weighted by Crippen LogP contribution is -2.25. The topological polar surface area (TPSA) is 29.1 Å². The summed E-state index contributed by atoms with van der Waals surface area (Å²) < 4.78 is 27.4. The average Bonchev–Trinajstić information content (AvgIpc) is 2.62. The fourth-order valence-electron chi connectivity index (χ4n) is 2.58. The second-order valence-corrected chi connectivity index (χ2v) is 5.76. The molecule has 0 aliphatic heterocycles. The molecule has 4 heteroatoms. The highest BCUT2D eigenvalue weighted by molar-refractivity contribution is 5.79. The van der Waals surface area contributed by atoms with Gasteiger partial charge in [-0.15, -0.1) is 0 Å². The van der Waals surface area contributed by atoms with E-state index in [1.165, 1.54) is 18.2 Å². The molecular formula is C21H17F2NO. The number of amides is 1. The van der Waals surface area contributed by atoms with Crippen LogP contribution in [0, 0.1) is 11.6 Å². The van der Waals surface area contributed by atoms with E-state index in [4.69, 9.17) is 0 Å². The predicted molar refractivity (Wildman–Crippen MR) is 93.8 cm³/mol. The van der Waals surface area contributed by atoms with Crippen molar-refractivity contribution in [3.63, 3.8) is 0 Å². The molecule has 0 aromatic heterocycles. The molecule has 0 saturated heterocycles. The summed E-state index contributed by atoms with van der Waals surface area (Å²) in [6, 6.07) is 20.3. The maximum Gasteiger partial charge on any atom is 0.224 e. The van der Waals surface area contributed by atoms with Gasteiger partial charge >= 0.3 is 0 Å². The molecule has 126 valence electrons. The molecule has 1 amide bonds. The van der Waals surface area contributed by atoms with Gasteiger partial charge in [0.15, 0.2) is 0 Å². The van der Waals surface area contributed by atoms with Crippen LogP contribution in [0.5, 0.6) is 0 Å². The van der Waals surface area contributed by atoms with Crippen LogP contribution in [-0.4, -0.2) is 5.91 Å². The largest absolute Gasteiger partial charge is 0.352 e. The Hall–Kier alpha value is -3.01. The van der Waals surface area contributed by atoms with Crippen LogP contribution in [0.25, 0.3) is 11.1 Å². The molecule has 0 atom stereocenters. The van der Waals surface area contributed by atoms with Crippen LogP contribution >= 0.6 is 0 Å². The van der Waals surface area contributed by atoms with Crippen LogP contribution in [0.2, 0.25) is 0 Å². The molecule has 3 aromatic rings. The number of carbonyl (C=O) groups is 1. The average molecular weight is 337 g/mol. The minimum Gasteiger partial charge on any atom is -0.352 e. The van der Waals surface area contributed by atoms with E-state index in [2.05, 4.69) is 5.32 Å². The molecule has 0 radical (unpaired) electrons. The first-order valence-electron chi connectivity index (χ1n) is 7.97. The van der Waals surface area contributed by atoms with E-state index in [1.807, 2.05) is 30.3 Å². The van der Waals surface area contributed by atoms with Gasteiger partial charge in [-0.25, -0.2) is 8.78 Å². The van der Waals surface area contributed by atoms with E-state index in [-0.39, 0.29) is 24.7 Å². The minimum absolute atomic E-state index is 0.0593. The van der Waals surface area contributed by atoms with Gasteiger partial charge in [-0.3, -0.25) is 4.79 Å². The summed E-state index contributed by atoms with van der Waals surface area (Å²) in [6.07, 6.45) is -0.0593. The van der Waals surface area contributed by atoms with E-state index in [0.717, 1.165) is 11.1 Å². The zero-order chi connectivity index (χ0) is 17.6. The normalized spacial score (nSPS) is 10.5. The Bertz CT molecular complexity index is 878. The Morgan fingerprint density at radius 1 is 0.840 bits per heavy atom. The predicted octanol–water partition coefficient (Wildman–Crippen LogP) is 4.49. The molecule has 0 saturated carbocycles. The third kappa shape index (κ3) is 4.51. The fraction of sp³-hybridized carbons (Fsp3) is 0.0952. The van der Waals surface area contributed by atoms with Gasteiger partial charge in [0, 0.05) is 6.54 Å². The Morgan fingerprint density at radius 2 is 1.64 bits per heavy atom. The molecule has 0 aliphatic carbocycles. The van der Waals surface area contributed by atoms with Crippen molar-refractivity contribution in [2.24, 2.45) is 0 Å². The Morgan fingerprint density at radius 3 is 2.36 bits per heavy atom. The SMILES string of the molecule is O=C(Cc1ccc(-c2ccccc2)cc1F)NCc1cccc(F)c1. The molecule has 0 fully saturated rings. The maximum atomic E-state index is 14.3. The van der Waals surface area contributed by atoms with Crippen molar-refractivity contribution >= 4 is 5.91 Å². The van der Waals surface area contributed by atoms with Crippen molar-refractivity contribution in [3.8, 4) is 11.1 Å². The lowest BCUT2D eigenvalue weighted by atomic mass is 10.0. The minimum atomic E-state index is -0.415. The zero-order valence-electron chi connectivity index (χ0n) is 13.5. The van der Waals surface area contributed by atoms with Gasteiger partial charge in [0.05, 0.1) is 6.42 Å². The number of rotatable bonds is 5. The summed E-state index contributed by atoms with van der Waals surface area (Å²) in [5, 5.41) is 2.68. The lowest BCUT2D eigenvalue weighted by Gasteiger charge is -2.08. The summed E-state index contributed by atoms with van der Waals surface area (Å²) in [5.41, 5.74) is 2.68. The van der Waals surface area contributed by atoms with Gasteiger partial charge in [-0.05, 0) is 40.5 Å². The van der Waals surface area contributed by atoms with Crippen LogP contribution in [0.15, 0.2) is 72.8 Å². The summed E-state index contributed by atoms with van der Waals surface area (Å²) in [5.74, 6) is -1.08. The number of carbonyl (C=O) groups excluding carboxylic acids is 1. The molecule has 25 heavy (non-hydrogen) atoms. The lowest BCUT2D eigenvalue weighted by molar-refractivity contribution is -0.120. The zero-order valence-corrected chi connectivity index (χ0v) is 13.5. The van der Waals surface area contributed by atoms with Crippen LogP contribution in [0.1, 0.15) is 11.1 Å². The highest BCUT2D eigenvalue weighted by Gasteiger charge is 2.10. The number of hydrogen-bond acceptors (Lipinski definition) is 1. The van der Waals surface area contributed by atoms with Crippen molar-refractivity contribution in [1.82, 2.24) is 5.32 Å². The van der Waals surface area contributed by atoms with Crippen LogP contribution in [0.3, 0.4) is 0 Å². The van der Waals surface area contributed by atoms with Gasteiger partial charge in [-0.1, -0.05) is 54.6 Å². The van der Waals surface area contributed by atoms with E-state index >= 15 is 0 Å². The molecule has 0 unspecified atom stereocenters. The molecule has 0 bridgehead atoms. The molecule has 0 spiro atoms. The number of nitrogens with one attached hydrogen (secondary N) is 1. The van der Waals surface area contributed by atoms with Crippen molar-refractivity contribution in [2.45, 2.75) is 13.0 Å². The summed E-state index contributed by atoms with van der Waals surface area (Å²) >= 11 is 0. The first-order chi connectivity index (χ1) is 12.1. The van der Waals surface area contributed by atoms with Crippen molar-refractivity contribution < 1.29 is 13.6 Å². The van der Waals surface area contributed by atoms with Crippen LogP contribution in [-0.2, 0) is 17.8 Å². The van der Waals surface area contributed by atoms with Gasteiger partial charge in [-0.2, -0.15) is 0 Å². The fourth-order valence-corrected chi connectivity index (χ4v) is 2.58. The third-order valence-corrected chi connectivity index (χ3v) is 3.89. The van der Waals surface area contributed by atoms with Crippen molar-refractivity contribution in [2.75, 3.05) is 0 Å². The van der Waals surface area contributed by atoms with Gasteiger partial charge in [0.25, 0.3) is 0 Å². The molecule has 0 heterocycles. The van der Waals surface area contributed by atoms with Crippen LogP contribution in [0.4, 0.5) is 8.78 Å². The highest BCUT2D eigenvalue weighted by atomic mass is 19.1. The van der Waals surface area contributed by atoms with Gasteiger partial charge in [0.1, 0.15) is 11.6 Å². The van der Waals surface area contributed by atoms with E-state index in [9.17, 15) is 13.6 Å². The molecule has 3 rings (SSSR count). The second kappa shape index (κ2) is 7.71. The quantitative estimate of drug-likeness (QED) is 0.730. The summed E-state index contributed by atoms with van der Waals surface area (Å²) in [4.78, 5) is 12.0. The molecule has 2 nitrogen and oxygen atoms in total. The standard InChI is InChI=1S/C21H17F2NO/c22-19-8-4-5-15(11-19)14-24-21(25)13-18-10-9-17(12-20(18)23)16-6-2-1-3-7-16/h1-12H,13-14H2,(H,24,25). The van der Waals surface area contributed by atoms with Crippen LogP contribution < -0.4 is 5.32 Å². The Kier molecular flexibility index (Phi) is 5.19. The molecule has 0 aliphatic rings. The van der Waals surface area contributed by atoms with E-state index in [1.54, 1.807) is 24.3 Å².